The molecule has 9 nitrogen and oxygen atoms in total. The lowest BCUT2D eigenvalue weighted by atomic mass is 10.1. The molecule has 1 aromatic carbocycles. The molecule has 144 valence electrons. The van der Waals surface area contributed by atoms with E-state index in [1.54, 1.807) is 6.92 Å². The van der Waals surface area contributed by atoms with E-state index in [0.29, 0.717) is 28.8 Å². The summed E-state index contributed by atoms with van der Waals surface area (Å²) in [5.41, 5.74) is 1.98. The quantitative estimate of drug-likeness (QED) is 0.385. The van der Waals surface area contributed by atoms with Crippen LogP contribution >= 0.6 is 0 Å². The van der Waals surface area contributed by atoms with Crippen molar-refractivity contribution >= 4 is 17.6 Å². The molecule has 0 aliphatic rings. The number of amides is 1. The molecule has 2 rings (SSSR count). The van der Waals surface area contributed by atoms with Gasteiger partial charge in [-0.15, -0.1) is 0 Å². The molecule has 0 unspecified atom stereocenters. The van der Waals surface area contributed by atoms with Crippen LogP contribution < -0.4 is 5.32 Å². The zero-order chi connectivity index (χ0) is 20.1. The molecule has 3 N–H and O–H groups in total. The fourth-order valence-corrected chi connectivity index (χ4v) is 2.74. The highest BCUT2D eigenvalue weighted by atomic mass is 16.6. The van der Waals surface area contributed by atoms with Crippen molar-refractivity contribution in [2.75, 3.05) is 13.7 Å². The standard InChI is InChI=1S/C18H21N3O6/c1-4-13-15(18(24)27-3)10(2)16(20-13)17(23)19-9-14(22)11-5-7-12(8-6-11)21(25)26/h5-8,14,20,22H,4,9H2,1-3H3,(H,19,23)/t14-/m1/s1. The number of nitrogens with one attached hydrogen (secondary N) is 2. The highest BCUT2D eigenvalue weighted by molar-refractivity contribution is 6.00. The van der Waals surface area contributed by atoms with Gasteiger partial charge in [0.25, 0.3) is 11.6 Å². The number of aliphatic hydroxyl groups excluding tert-OH is 1. The number of nitro benzene ring substituents is 1. The smallest absolute Gasteiger partial charge is 0.339 e. The predicted molar refractivity (Wildman–Crippen MR) is 96.6 cm³/mol. The zero-order valence-electron chi connectivity index (χ0n) is 15.2. The van der Waals surface area contributed by atoms with Crippen molar-refractivity contribution in [3.8, 4) is 0 Å². The summed E-state index contributed by atoms with van der Waals surface area (Å²) < 4.78 is 4.76. The average Bonchev–Trinajstić information content (AvgIpc) is 3.01. The first-order chi connectivity index (χ1) is 12.8. The molecule has 0 aliphatic heterocycles. The summed E-state index contributed by atoms with van der Waals surface area (Å²) in [4.78, 5) is 37.4. The number of carbonyl (C=O) groups excluding carboxylic acids is 2. The minimum atomic E-state index is -1.03. The zero-order valence-corrected chi connectivity index (χ0v) is 15.2. The number of rotatable bonds is 7. The largest absolute Gasteiger partial charge is 0.465 e. The van der Waals surface area contributed by atoms with Crippen LogP contribution in [0.4, 0.5) is 5.69 Å². The van der Waals surface area contributed by atoms with E-state index in [1.165, 1.54) is 31.4 Å². The van der Waals surface area contributed by atoms with Gasteiger partial charge in [-0.1, -0.05) is 6.92 Å². The molecule has 0 aliphatic carbocycles. The number of methoxy groups -OCH3 is 1. The third-order valence-electron chi connectivity index (χ3n) is 4.24. The SMILES string of the molecule is CCc1[nH]c(C(=O)NC[C@@H](O)c2ccc([N+](=O)[O-])cc2)c(C)c1C(=O)OC. The lowest BCUT2D eigenvalue weighted by molar-refractivity contribution is -0.384. The molecule has 1 aromatic heterocycles. The van der Waals surface area contributed by atoms with Crippen LogP contribution in [0.15, 0.2) is 24.3 Å². The Morgan fingerprint density at radius 1 is 1.33 bits per heavy atom. The number of nitro groups is 1. The molecule has 0 saturated carbocycles. The van der Waals surface area contributed by atoms with Crippen molar-refractivity contribution in [2.45, 2.75) is 26.4 Å². The molecule has 0 radical (unpaired) electrons. The van der Waals surface area contributed by atoms with E-state index < -0.39 is 22.9 Å². The monoisotopic (exact) mass is 375 g/mol. The first kappa shape index (κ1) is 20.1. The van der Waals surface area contributed by atoms with Crippen molar-refractivity contribution in [2.24, 2.45) is 0 Å². The summed E-state index contributed by atoms with van der Waals surface area (Å²) in [5, 5.41) is 23.4. The number of esters is 1. The van der Waals surface area contributed by atoms with Gasteiger partial charge in [0, 0.05) is 24.4 Å². The van der Waals surface area contributed by atoms with Crippen LogP contribution in [0.1, 0.15) is 50.7 Å². The summed E-state index contributed by atoms with van der Waals surface area (Å²) in [5.74, 6) is -0.996. The third-order valence-corrected chi connectivity index (χ3v) is 4.24. The molecule has 9 heteroatoms. The summed E-state index contributed by atoms with van der Waals surface area (Å²) in [7, 11) is 1.27. The van der Waals surface area contributed by atoms with Crippen LogP contribution in [0.25, 0.3) is 0 Å². The van der Waals surface area contributed by atoms with E-state index in [0.717, 1.165) is 0 Å². The van der Waals surface area contributed by atoms with Gasteiger partial charge >= 0.3 is 5.97 Å². The number of nitrogens with zero attached hydrogens (tertiary/aromatic N) is 1. The Bertz CT molecular complexity index is 857. The molecule has 0 bridgehead atoms. The number of aromatic amines is 1. The van der Waals surface area contributed by atoms with Gasteiger partial charge in [0.05, 0.1) is 23.7 Å². The van der Waals surface area contributed by atoms with Gasteiger partial charge in [-0.25, -0.2) is 4.79 Å². The van der Waals surface area contributed by atoms with Gasteiger partial charge in [-0.05, 0) is 36.6 Å². The van der Waals surface area contributed by atoms with Crippen molar-refractivity contribution in [1.29, 1.82) is 0 Å². The maximum Gasteiger partial charge on any atom is 0.339 e. The Kier molecular flexibility index (Phi) is 6.30. The molecular formula is C18H21N3O6. The van der Waals surface area contributed by atoms with E-state index in [9.17, 15) is 24.8 Å². The minimum Gasteiger partial charge on any atom is -0.465 e. The van der Waals surface area contributed by atoms with E-state index in [-0.39, 0.29) is 17.9 Å². The van der Waals surface area contributed by atoms with Gasteiger partial charge in [0.1, 0.15) is 5.69 Å². The van der Waals surface area contributed by atoms with Gasteiger partial charge < -0.3 is 20.1 Å². The molecule has 0 saturated heterocycles. The topological polar surface area (TPSA) is 135 Å². The maximum absolute atomic E-state index is 12.4. The third kappa shape index (κ3) is 4.32. The molecule has 0 fully saturated rings. The number of aromatic nitrogens is 1. The Morgan fingerprint density at radius 3 is 2.48 bits per heavy atom. The first-order valence-electron chi connectivity index (χ1n) is 8.30. The van der Waals surface area contributed by atoms with E-state index in [4.69, 9.17) is 4.74 Å². The normalized spacial score (nSPS) is 11.7. The fourth-order valence-electron chi connectivity index (χ4n) is 2.74. The minimum absolute atomic E-state index is 0.0839. The maximum atomic E-state index is 12.4. The summed E-state index contributed by atoms with van der Waals surface area (Å²) >= 11 is 0. The van der Waals surface area contributed by atoms with Crippen molar-refractivity contribution in [3.05, 3.63) is 62.5 Å². The van der Waals surface area contributed by atoms with E-state index in [1.807, 2.05) is 6.92 Å². The fraction of sp³-hybridized carbons (Fsp3) is 0.333. The second-order valence-electron chi connectivity index (χ2n) is 5.90. The van der Waals surface area contributed by atoms with Gasteiger partial charge in [-0.3, -0.25) is 14.9 Å². The molecule has 2 aromatic rings. The van der Waals surface area contributed by atoms with Gasteiger partial charge in [0.2, 0.25) is 0 Å². The Labute approximate surface area is 155 Å². The van der Waals surface area contributed by atoms with Crippen LogP contribution in [0, 0.1) is 17.0 Å². The number of aliphatic hydroxyl groups is 1. The number of H-pyrrole nitrogens is 1. The number of benzene rings is 1. The van der Waals surface area contributed by atoms with E-state index >= 15 is 0 Å². The Hall–Kier alpha value is -3.20. The number of non-ortho nitro benzene ring substituents is 1. The Morgan fingerprint density at radius 2 is 1.96 bits per heavy atom. The summed E-state index contributed by atoms with van der Waals surface area (Å²) in [6, 6.07) is 5.43. The van der Waals surface area contributed by atoms with Crippen LogP contribution in [-0.2, 0) is 11.2 Å². The lowest BCUT2D eigenvalue weighted by Gasteiger charge is -2.12. The average molecular weight is 375 g/mol. The van der Waals surface area contributed by atoms with Crippen molar-refractivity contribution < 1.29 is 24.4 Å². The van der Waals surface area contributed by atoms with E-state index in [2.05, 4.69) is 10.3 Å². The summed E-state index contributed by atoms with van der Waals surface area (Å²) in [6.07, 6.45) is -0.514. The molecule has 1 amide bonds. The second kappa shape index (κ2) is 8.45. The molecule has 0 spiro atoms. The number of ether oxygens (including phenoxy) is 1. The van der Waals surface area contributed by atoms with Crippen molar-refractivity contribution in [1.82, 2.24) is 10.3 Å². The van der Waals surface area contributed by atoms with Gasteiger partial charge in [0.15, 0.2) is 0 Å². The molecule has 1 heterocycles. The number of aryl methyl sites for hydroxylation is 1. The van der Waals surface area contributed by atoms with Gasteiger partial charge in [-0.2, -0.15) is 0 Å². The molecular weight excluding hydrogens is 354 g/mol. The number of hydrogen-bond donors (Lipinski definition) is 3. The lowest BCUT2D eigenvalue weighted by Crippen LogP contribution is -2.29. The highest BCUT2D eigenvalue weighted by Crippen LogP contribution is 2.21. The second-order valence-corrected chi connectivity index (χ2v) is 5.90. The van der Waals surface area contributed by atoms with Crippen LogP contribution in [-0.4, -0.2) is 40.5 Å². The van der Waals surface area contributed by atoms with Crippen LogP contribution in [0.5, 0.6) is 0 Å². The number of carbonyl (C=O) groups is 2. The van der Waals surface area contributed by atoms with Crippen LogP contribution in [0.3, 0.4) is 0 Å². The Balaban J connectivity index is 2.10. The highest BCUT2D eigenvalue weighted by Gasteiger charge is 2.24. The first-order valence-corrected chi connectivity index (χ1v) is 8.30. The summed E-state index contributed by atoms with van der Waals surface area (Å²) in [6.45, 7) is 3.39. The number of hydrogen-bond acceptors (Lipinski definition) is 6. The molecule has 1 atom stereocenters. The van der Waals surface area contributed by atoms with Crippen LogP contribution in [0.2, 0.25) is 0 Å². The predicted octanol–water partition coefficient (Wildman–Crippen LogP) is 2.04. The molecule has 27 heavy (non-hydrogen) atoms. The van der Waals surface area contributed by atoms with Crippen molar-refractivity contribution in [3.63, 3.8) is 0 Å².